The molecule has 32 heavy (non-hydrogen) atoms. The van der Waals surface area contributed by atoms with Crippen LogP contribution >= 0.6 is 0 Å². The molecule has 0 aliphatic rings. The van der Waals surface area contributed by atoms with Crippen LogP contribution in [0.5, 0.6) is 0 Å². The van der Waals surface area contributed by atoms with E-state index in [1.165, 1.54) is 77.0 Å². The van der Waals surface area contributed by atoms with Crippen molar-refractivity contribution in [3.05, 3.63) is 12.2 Å². The van der Waals surface area contributed by atoms with Crippen LogP contribution in [0.1, 0.15) is 149 Å². The van der Waals surface area contributed by atoms with E-state index in [1.807, 2.05) is 0 Å². The molecule has 0 amide bonds. The van der Waals surface area contributed by atoms with Crippen molar-refractivity contribution in [2.24, 2.45) is 0 Å². The van der Waals surface area contributed by atoms with Crippen LogP contribution in [0.2, 0.25) is 0 Å². The number of unbranched alkanes of at least 4 members (excludes halogenated alkanes) is 13. The second-order valence-electron chi connectivity index (χ2n) is 9.23. The fraction of sp³-hybridized carbons (Fsp3) is 0.857. The third-order valence-electron chi connectivity index (χ3n) is 5.99. The fourth-order valence-electron chi connectivity index (χ4n) is 3.94. The Labute approximate surface area is 198 Å². The van der Waals surface area contributed by atoms with Gasteiger partial charge in [0.25, 0.3) is 0 Å². The topological polar surface area (TPSA) is 63.6 Å². The Hall–Kier alpha value is -1.32. The van der Waals surface area contributed by atoms with E-state index in [-0.39, 0.29) is 18.5 Å². The second-order valence-corrected chi connectivity index (χ2v) is 9.23. The molecule has 1 N–H and O–H groups in total. The molecule has 0 saturated heterocycles. The van der Waals surface area contributed by atoms with Gasteiger partial charge < -0.3 is 9.84 Å². The highest BCUT2D eigenvalue weighted by Gasteiger charge is 2.14. The Bertz CT molecular complexity index is 458. The zero-order valence-electron chi connectivity index (χ0n) is 21.3. The van der Waals surface area contributed by atoms with Crippen molar-refractivity contribution in [2.45, 2.75) is 155 Å². The van der Waals surface area contributed by atoms with E-state index in [0.29, 0.717) is 19.3 Å². The minimum Gasteiger partial charge on any atom is -0.481 e. The molecule has 0 aliphatic carbocycles. The monoisotopic (exact) mass is 452 g/mol. The molecule has 1 atom stereocenters. The normalized spacial score (nSPS) is 12.3. The number of hydrogen-bond acceptors (Lipinski definition) is 3. The van der Waals surface area contributed by atoms with Crippen molar-refractivity contribution in [2.75, 3.05) is 0 Å². The number of carboxylic acid groups (broad SMARTS) is 1. The molecule has 0 rings (SSSR count). The highest BCUT2D eigenvalue weighted by Crippen LogP contribution is 2.15. The van der Waals surface area contributed by atoms with Crippen LogP contribution in [0.25, 0.3) is 0 Å². The summed E-state index contributed by atoms with van der Waals surface area (Å²) in [4.78, 5) is 22.8. The predicted molar refractivity (Wildman–Crippen MR) is 135 cm³/mol. The van der Waals surface area contributed by atoms with Crippen LogP contribution in [0, 0.1) is 0 Å². The van der Waals surface area contributed by atoms with Crippen molar-refractivity contribution in [1.29, 1.82) is 0 Å². The lowest BCUT2D eigenvalue weighted by atomic mass is 10.1. The summed E-state index contributed by atoms with van der Waals surface area (Å²) in [5, 5.41) is 8.78. The van der Waals surface area contributed by atoms with Crippen molar-refractivity contribution in [3.8, 4) is 0 Å². The molecule has 0 aromatic heterocycles. The molecule has 188 valence electrons. The zero-order valence-corrected chi connectivity index (χ0v) is 21.3. The third-order valence-corrected chi connectivity index (χ3v) is 5.99. The molecule has 0 bridgehead atoms. The lowest BCUT2D eigenvalue weighted by Crippen LogP contribution is -2.18. The van der Waals surface area contributed by atoms with Gasteiger partial charge in [0.1, 0.15) is 6.10 Å². The average molecular weight is 453 g/mol. The van der Waals surface area contributed by atoms with Crippen LogP contribution < -0.4 is 0 Å². The Morgan fingerprint density at radius 1 is 0.656 bits per heavy atom. The van der Waals surface area contributed by atoms with E-state index in [1.54, 1.807) is 0 Å². The van der Waals surface area contributed by atoms with E-state index < -0.39 is 5.97 Å². The van der Waals surface area contributed by atoms with Crippen molar-refractivity contribution >= 4 is 11.9 Å². The maximum atomic E-state index is 12.1. The number of rotatable bonds is 24. The summed E-state index contributed by atoms with van der Waals surface area (Å²) in [5.74, 6) is -0.899. The number of carbonyl (C=O) groups is 2. The first-order chi connectivity index (χ1) is 15.6. The van der Waals surface area contributed by atoms with E-state index in [4.69, 9.17) is 9.84 Å². The highest BCUT2D eigenvalue weighted by molar-refractivity contribution is 5.69. The predicted octanol–water partition coefficient (Wildman–Crippen LogP) is 8.77. The van der Waals surface area contributed by atoms with Crippen LogP contribution in [-0.4, -0.2) is 23.1 Å². The number of allylic oxidation sites excluding steroid dienone is 2. The molecule has 0 aromatic rings. The number of esters is 1. The van der Waals surface area contributed by atoms with Gasteiger partial charge in [0, 0.05) is 12.8 Å². The number of carboxylic acids is 1. The van der Waals surface area contributed by atoms with Gasteiger partial charge in [-0.3, -0.25) is 9.59 Å². The SMILES string of the molecule is CCCCCCCCC/C=C\CCCCCCCC(=O)OC(CCCC)CCCC(=O)O. The third kappa shape index (κ3) is 23.3. The van der Waals surface area contributed by atoms with Gasteiger partial charge in [-0.2, -0.15) is 0 Å². The van der Waals surface area contributed by atoms with Gasteiger partial charge in [0.15, 0.2) is 0 Å². The standard InChI is InChI=1S/C28H52O4/c1-3-5-7-8-9-10-11-12-13-14-15-16-17-18-19-20-25-28(31)32-26(22-6-4-2)23-21-24-27(29)30/h13-14,26H,3-12,15-25H2,1-2H3,(H,29,30)/b14-13-. The van der Waals surface area contributed by atoms with E-state index in [0.717, 1.165) is 32.1 Å². The summed E-state index contributed by atoms with van der Waals surface area (Å²) in [6, 6.07) is 0. The average Bonchev–Trinajstić information content (AvgIpc) is 2.76. The first-order valence-corrected chi connectivity index (χ1v) is 13.7. The van der Waals surface area contributed by atoms with Crippen molar-refractivity contribution < 1.29 is 19.4 Å². The number of hydrogen-bond donors (Lipinski definition) is 1. The molecular formula is C28H52O4. The fourth-order valence-corrected chi connectivity index (χ4v) is 3.94. The number of carbonyl (C=O) groups excluding carboxylic acids is 1. The molecule has 4 nitrogen and oxygen atoms in total. The summed E-state index contributed by atoms with van der Waals surface area (Å²) in [7, 11) is 0. The van der Waals surface area contributed by atoms with Gasteiger partial charge in [-0.15, -0.1) is 0 Å². The minimum atomic E-state index is -0.783. The van der Waals surface area contributed by atoms with Crippen LogP contribution in [0.3, 0.4) is 0 Å². The van der Waals surface area contributed by atoms with E-state index in [9.17, 15) is 9.59 Å². The molecule has 0 saturated carbocycles. The first kappa shape index (κ1) is 30.7. The molecule has 0 heterocycles. The Kier molecular flexibility index (Phi) is 23.3. The maximum Gasteiger partial charge on any atom is 0.306 e. The van der Waals surface area contributed by atoms with Crippen molar-refractivity contribution in [3.63, 3.8) is 0 Å². The summed E-state index contributed by atoms with van der Waals surface area (Å²) in [6.07, 6.45) is 27.0. The molecule has 0 fully saturated rings. The van der Waals surface area contributed by atoms with Gasteiger partial charge in [-0.05, 0) is 51.4 Å². The first-order valence-electron chi connectivity index (χ1n) is 13.7. The molecule has 0 aliphatic heterocycles. The lowest BCUT2D eigenvalue weighted by molar-refractivity contribution is -0.150. The summed E-state index contributed by atoms with van der Waals surface area (Å²) in [5.41, 5.74) is 0. The Morgan fingerprint density at radius 3 is 1.72 bits per heavy atom. The Morgan fingerprint density at radius 2 is 1.16 bits per heavy atom. The smallest absolute Gasteiger partial charge is 0.306 e. The Balaban J connectivity index is 3.58. The van der Waals surface area contributed by atoms with Crippen LogP contribution in [0.4, 0.5) is 0 Å². The van der Waals surface area contributed by atoms with E-state index in [2.05, 4.69) is 26.0 Å². The second kappa shape index (κ2) is 24.3. The van der Waals surface area contributed by atoms with Gasteiger partial charge in [0.2, 0.25) is 0 Å². The zero-order chi connectivity index (χ0) is 23.7. The molecule has 0 aromatic carbocycles. The van der Waals surface area contributed by atoms with Gasteiger partial charge in [-0.1, -0.05) is 96.6 Å². The quantitative estimate of drug-likeness (QED) is 0.0902. The maximum absolute atomic E-state index is 12.1. The highest BCUT2D eigenvalue weighted by atomic mass is 16.5. The van der Waals surface area contributed by atoms with Gasteiger partial charge >= 0.3 is 11.9 Å². The molecule has 1 unspecified atom stereocenters. The summed E-state index contributed by atoms with van der Waals surface area (Å²) in [6.45, 7) is 4.38. The molecule has 0 spiro atoms. The van der Waals surface area contributed by atoms with Gasteiger partial charge in [0.05, 0.1) is 0 Å². The minimum absolute atomic E-state index is 0.116. The molecular weight excluding hydrogens is 400 g/mol. The number of aliphatic carboxylic acids is 1. The lowest BCUT2D eigenvalue weighted by Gasteiger charge is -2.17. The van der Waals surface area contributed by atoms with Crippen molar-refractivity contribution in [1.82, 2.24) is 0 Å². The van der Waals surface area contributed by atoms with Crippen LogP contribution in [-0.2, 0) is 14.3 Å². The van der Waals surface area contributed by atoms with Gasteiger partial charge in [-0.25, -0.2) is 0 Å². The summed E-state index contributed by atoms with van der Waals surface area (Å²) >= 11 is 0. The number of ether oxygens (including phenoxy) is 1. The largest absolute Gasteiger partial charge is 0.481 e. The molecule has 0 radical (unpaired) electrons. The van der Waals surface area contributed by atoms with Crippen LogP contribution in [0.15, 0.2) is 12.2 Å². The van der Waals surface area contributed by atoms with E-state index >= 15 is 0 Å². The summed E-state index contributed by atoms with van der Waals surface area (Å²) < 4.78 is 5.62. The molecule has 4 heteroatoms.